The predicted octanol–water partition coefficient (Wildman–Crippen LogP) is 4.82. The molecule has 190 valence electrons. The van der Waals surface area contributed by atoms with Gasteiger partial charge in [-0.2, -0.15) is 5.10 Å². The number of methoxy groups -OCH3 is 1. The average Bonchev–Trinajstić information content (AvgIpc) is 2.84. The van der Waals surface area contributed by atoms with Crippen LogP contribution >= 0.6 is 23.2 Å². The minimum absolute atomic E-state index is 0.0218. The molecule has 0 aliphatic carbocycles. The molecule has 0 aliphatic rings. The summed E-state index contributed by atoms with van der Waals surface area (Å²) in [6, 6.07) is 11.7. The van der Waals surface area contributed by atoms with Gasteiger partial charge in [-0.15, -0.1) is 0 Å². The number of nitrogens with one attached hydrogen (secondary N) is 1. The zero-order chi connectivity index (χ0) is 27.1. The Labute approximate surface area is 219 Å². The molecule has 13 heteroatoms. The van der Waals surface area contributed by atoms with E-state index in [0.29, 0.717) is 5.02 Å². The van der Waals surface area contributed by atoms with Gasteiger partial charge in [-0.3, -0.25) is 19.7 Å². The highest BCUT2D eigenvalue weighted by molar-refractivity contribution is 6.36. The molecular weight excluding hydrogens is 529 g/mol. The number of amides is 1. The fraction of sp³-hybridized carbons (Fsp3) is 0.0833. The summed E-state index contributed by atoms with van der Waals surface area (Å²) in [5.41, 5.74) is 2.10. The Balaban J connectivity index is 1.84. The van der Waals surface area contributed by atoms with Gasteiger partial charge in [0.1, 0.15) is 5.75 Å². The fourth-order valence-electron chi connectivity index (χ4n) is 2.93. The number of hydrogen-bond acceptors (Lipinski definition) is 9. The van der Waals surface area contributed by atoms with Crippen molar-refractivity contribution < 1.29 is 33.5 Å². The first kappa shape index (κ1) is 27.1. The molecule has 0 bridgehead atoms. The van der Waals surface area contributed by atoms with Crippen LogP contribution in [0.1, 0.15) is 33.2 Å². The van der Waals surface area contributed by atoms with Gasteiger partial charge in [-0.05, 0) is 42.5 Å². The number of nitrogens with zero attached hydrogens (tertiary/aromatic N) is 2. The summed E-state index contributed by atoms with van der Waals surface area (Å²) in [5, 5.41) is 15.5. The highest BCUT2D eigenvalue weighted by Gasteiger charge is 2.18. The summed E-state index contributed by atoms with van der Waals surface area (Å²) in [6.07, 6.45) is 1.07. The SMILES string of the molecule is COc1cc(C(=O)Oc2ccc([N+](=O)[O-])cc2/C=N/NC(=O)c2ccc(Cl)cc2Cl)ccc1OC(C)=O. The Morgan fingerprint density at radius 2 is 1.70 bits per heavy atom. The van der Waals surface area contributed by atoms with Crippen LogP contribution in [0, 0.1) is 10.1 Å². The van der Waals surface area contributed by atoms with Crippen LogP contribution in [-0.4, -0.2) is 36.1 Å². The summed E-state index contributed by atoms with van der Waals surface area (Å²) in [5.74, 6) is -1.95. The Morgan fingerprint density at radius 3 is 2.35 bits per heavy atom. The molecular formula is C24H17Cl2N3O8. The molecule has 11 nitrogen and oxygen atoms in total. The zero-order valence-corrected chi connectivity index (χ0v) is 20.7. The van der Waals surface area contributed by atoms with E-state index < -0.39 is 22.8 Å². The maximum absolute atomic E-state index is 12.8. The van der Waals surface area contributed by atoms with Gasteiger partial charge in [-0.25, -0.2) is 10.2 Å². The quantitative estimate of drug-likeness (QED) is 0.139. The molecule has 0 aliphatic heterocycles. The Bertz CT molecular complexity index is 1430. The molecule has 0 fully saturated rings. The second-order valence-corrected chi connectivity index (χ2v) is 7.99. The topological polar surface area (TPSA) is 146 Å². The van der Waals surface area contributed by atoms with Crippen molar-refractivity contribution in [3.63, 3.8) is 0 Å². The van der Waals surface area contributed by atoms with Crippen LogP contribution in [0.4, 0.5) is 5.69 Å². The number of esters is 2. The molecule has 0 unspecified atom stereocenters. The van der Waals surface area contributed by atoms with Crippen molar-refractivity contribution in [1.82, 2.24) is 5.43 Å². The fourth-order valence-corrected chi connectivity index (χ4v) is 3.42. The number of nitro benzene ring substituents is 1. The van der Waals surface area contributed by atoms with E-state index in [1.807, 2.05) is 0 Å². The third-order valence-electron chi connectivity index (χ3n) is 4.61. The van der Waals surface area contributed by atoms with Crippen LogP contribution in [0.15, 0.2) is 59.7 Å². The Morgan fingerprint density at radius 1 is 0.973 bits per heavy atom. The Hall–Kier alpha value is -4.48. The van der Waals surface area contributed by atoms with Crippen LogP contribution in [0.25, 0.3) is 0 Å². The van der Waals surface area contributed by atoms with Crippen molar-refractivity contribution in [2.75, 3.05) is 7.11 Å². The summed E-state index contributed by atoms with van der Waals surface area (Å²) < 4.78 is 15.5. The minimum atomic E-state index is -0.840. The van der Waals surface area contributed by atoms with Gasteiger partial charge in [0.25, 0.3) is 11.6 Å². The summed E-state index contributed by atoms with van der Waals surface area (Å²) in [4.78, 5) is 46.9. The van der Waals surface area contributed by atoms with E-state index in [0.717, 1.165) is 18.3 Å². The predicted molar refractivity (Wildman–Crippen MR) is 134 cm³/mol. The molecule has 0 spiro atoms. The van der Waals surface area contributed by atoms with Gasteiger partial charge in [-0.1, -0.05) is 23.2 Å². The smallest absolute Gasteiger partial charge is 0.343 e. The third-order valence-corrected chi connectivity index (χ3v) is 5.15. The Kier molecular flexibility index (Phi) is 8.77. The van der Waals surface area contributed by atoms with Crippen molar-refractivity contribution in [2.24, 2.45) is 5.10 Å². The molecule has 0 aromatic heterocycles. The second-order valence-electron chi connectivity index (χ2n) is 7.15. The van der Waals surface area contributed by atoms with E-state index in [2.05, 4.69) is 10.5 Å². The third kappa shape index (κ3) is 7.03. The standard InChI is InChI=1S/C24H17Cl2N3O8/c1-13(30)36-21-7-3-14(10-22(21)35-2)24(32)37-20-8-5-17(29(33)34)9-15(20)12-27-28-23(31)18-6-4-16(25)11-19(18)26/h3-12H,1-2H3,(H,28,31)/b27-12+. The number of carbonyl (C=O) groups excluding carboxylic acids is 3. The average molecular weight is 546 g/mol. The molecule has 1 N–H and O–H groups in total. The number of benzene rings is 3. The van der Waals surface area contributed by atoms with Crippen molar-refractivity contribution in [3.05, 3.63) is 91.4 Å². The first-order valence-corrected chi connectivity index (χ1v) is 11.0. The number of rotatable bonds is 8. The summed E-state index contributed by atoms with van der Waals surface area (Å²) in [6.45, 7) is 1.21. The molecule has 0 saturated heterocycles. The van der Waals surface area contributed by atoms with Gasteiger partial charge in [0.2, 0.25) is 0 Å². The lowest BCUT2D eigenvalue weighted by atomic mass is 10.1. The maximum atomic E-state index is 12.8. The number of halogens is 2. The lowest BCUT2D eigenvalue weighted by molar-refractivity contribution is -0.384. The van der Waals surface area contributed by atoms with Crippen molar-refractivity contribution in [2.45, 2.75) is 6.92 Å². The van der Waals surface area contributed by atoms with Crippen molar-refractivity contribution in [1.29, 1.82) is 0 Å². The maximum Gasteiger partial charge on any atom is 0.343 e. The van der Waals surface area contributed by atoms with E-state index in [-0.39, 0.29) is 44.6 Å². The van der Waals surface area contributed by atoms with E-state index in [9.17, 15) is 24.5 Å². The molecule has 0 saturated carbocycles. The first-order valence-electron chi connectivity index (χ1n) is 10.2. The van der Waals surface area contributed by atoms with Gasteiger partial charge in [0.05, 0.1) is 34.4 Å². The van der Waals surface area contributed by atoms with Crippen LogP contribution in [0.3, 0.4) is 0 Å². The largest absolute Gasteiger partial charge is 0.493 e. The summed E-state index contributed by atoms with van der Waals surface area (Å²) in [7, 11) is 1.33. The molecule has 3 aromatic carbocycles. The monoisotopic (exact) mass is 545 g/mol. The van der Waals surface area contributed by atoms with Crippen LogP contribution in [-0.2, 0) is 4.79 Å². The van der Waals surface area contributed by atoms with Gasteiger partial charge in [0.15, 0.2) is 11.5 Å². The number of non-ortho nitro benzene ring substituents is 1. The summed E-state index contributed by atoms with van der Waals surface area (Å²) >= 11 is 11.8. The van der Waals surface area contributed by atoms with Crippen molar-refractivity contribution in [3.8, 4) is 17.2 Å². The molecule has 3 aromatic rings. The minimum Gasteiger partial charge on any atom is -0.493 e. The number of hydrazone groups is 1. The normalized spacial score (nSPS) is 10.6. The number of carbonyl (C=O) groups is 3. The molecule has 0 atom stereocenters. The lowest BCUT2D eigenvalue weighted by Crippen LogP contribution is -2.18. The number of hydrogen-bond donors (Lipinski definition) is 1. The molecule has 37 heavy (non-hydrogen) atoms. The van der Waals surface area contributed by atoms with E-state index >= 15 is 0 Å². The molecule has 1 amide bonds. The first-order chi connectivity index (χ1) is 17.6. The second kappa shape index (κ2) is 12.0. The van der Waals surface area contributed by atoms with E-state index in [1.165, 1.54) is 56.5 Å². The number of ether oxygens (including phenoxy) is 3. The van der Waals surface area contributed by atoms with Crippen molar-refractivity contribution >= 4 is 52.9 Å². The van der Waals surface area contributed by atoms with E-state index in [1.54, 1.807) is 0 Å². The van der Waals surface area contributed by atoms with Crippen LogP contribution in [0.5, 0.6) is 17.2 Å². The van der Waals surface area contributed by atoms with Gasteiger partial charge >= 0.3 is 11.9 Å². The number of nitro groups is 1. The van der Waals surface area contributed by atoms with Gasteiger partial charge in [0, 0.05) is 29.6 Å². The van der Waals surface area contributed by atoms with Gasteiger partial charge < -0.3 is 14.2 Å². The van der Waals surface area contributed by atoms with Crippen LogP contribution < -0.4 is 19.6 Å². The highest BCUT2D eigenvalue weighted by atomic mass is 35.5. The van der Waals surface area contributed by atoms with E-state index in [4.69, 9.17) is 37.4 Å². The molecule has 0 heterocycles. The van der Waals surface area contributed by atoms with Crippen LogP contribution in [0.2, 0.25) is 10.0 Å². The molecule has 3 rings (SSSR count). The highest BCUT2D eigenvalue weighted by Crippen LogP contribution is 2.30. The lowest BCUT2D eigenvalue weighted by Gasteiger charge is -2.11. The molecule has 0 radical (unpaired) electrons. The zero-order valence-electron chi connectivity index (χ0n) is 19.2.